The number of carbonyl (C=O) groups is 2. The first-order chi connectivity index (χ1) is 16.4. The normalized spacial score (nSPS) is 16.1. The molecule has 1 aliphatic heterocycles. The molecule has 1 atom stereocenters. The van der Waals surface area contributed by atoms with Gasteiger partial charge < -0.3 is 20.9 Å². The van der Waals surface area contributed by atoms with Crippen molar-refractivity contribution in [1.29, 1.82) is 0 Å². The Morgan fingerprint density at radius 2 is 1.91 bits per heavy atom. The fraction of sp³-hybridized carbons (Fsp3) is 0.423. The minimum atomic E-state index is -0.536. The Balaban J connectivity index is 1.86. The largest absolute Gasteiger partial charge is 0.494 e. The second kappa shape index (κ2) is 11.2. The van der Waals surface area contributed by atoms with E-state index < -0.39 is 11.6 Å². The zero-order valence-corrected chi connectivity index (χ0v) is 20.1. The summed E-state index contributed by atoms with van der Waals surface area (Å²) in [7, 11) is 0. The molecule has 0 saturated carbocycles. The van der Waals surface area contributed by atoms with Crippen LogP contribution in [0.25, 0.3) is 0 Å². The van der Waals surface area contributed by atoms with Gasteiger partial charge in [-0.05, 0) is 43.5 Å². The molecule has 2 aromatic rings. The molecule has 1 unspecified atom stereocenters. The van der Waals surface area contributed by atoms with E-state index in [1.807, 2.05) is 51.1 Å². The van der Waals surface area contributed by atoms with Gasteiger partial charge in [-0.25, -0.2) is 4.99 Å². The lowest BCUT2D eigenvalue weighted by Crippen LogP contribution is -2.50. The van der Waals surface area contributed by atoms with E-state index in [1.165, 1.54) is 4.90 Å². The second-order valence-electron chi connectivity index (χ2n) is 8.43. The average Bonchev–Trinajstić information content (AvgIpc) is 2.85. The van der Waals surface area contributed by atoms with Gasteiger partial charge in [-0.3, -0.25) is 14.5 Å². The molecule has 0 fully saturated rings. The molecule has 0 bridgehead atoms. The minimum Gasteiger partial charge on any atom is -0.494 e. The molecule has 2 amide bonds. The molecular weight excluding hydrogens is 432 g/mol. The van der Waals surface area contributed by atoms with Crippen molar-refractivity contribution in [2.45, 2.75) is 58.2 Å². The van der Waals surface area contributed by atoms with Crippen LogP contribution in [0.3, 0.4) is 0 Å². The van der Waals surface area contributed by atoms with E-state index in [0.717, 1.165) is 18.4 Å². The van der Waals surface area contributed by atoms with E-state index in [1.54, 1.807) is 18.2 Å². The lowest BCUT2D eigenvalue weighted by Gasteiger charge is -2.36. The third-order valence-electron chi connectivity index (χ3n) is 6.37. The molecule has 182 valence electrons. The van der Waals surface area contributed by atoms with Crippen LogP contribution in [0.2, 0.25) is 0 Å². The maximum atomic E-state index is 13.0. The molecule has 3 rings (SSSR count). The molecule has 4 N–H and O–H groups in total. The first-order valence-electron chi connectivity index (χ1n) is 11.7. The number of aliphatic hydroxyl groups excluding tert-OH is 1. The number of amides is 2. The molecule has 1 heterocycles. The number of nitrogens with one attached hydrogen (secondary N) is 1. The number of guanidine groups is 1. The van der Waals surface area contributed by atoms with Gasteiger partial charge in [0.05, 0.1) is 37.8 Å². The first kappa shape index (κ1) is 25.2. The Hall–Kier alpha value is -3.39. The topological polar surface area (TPSA) is 117 Å². The van der Waals surface area contributed by atoms with Crippen molar-refractivity contribution in [1.82, 2.24) is 10.2 Å². The second-order valence-corrected chi connectivity index (χ2v) is 8.43. The van der Waals surface area contributed by atoms with Gasteiger partial charge in [0.25, 0.3) is 5.91 Å². The van der Waals surface area contributed by atoms with E-state index >= 15 is 0 Å². The maximum Gasteiger partial charge on any atom is 0.251 e. The predicted molar refractivity (Wildman–Crippen MR) is 131 cm³/mol. The highest BCUT2D eigenvalue weighted by Gasteiger charge is 2.37. The Kier molecular flexibility index (Phi) is 8.28. The molecular formula is C26H34N4O4. The van der Waals surface area contributed by atoms with Crippen LogP contribution in [-0.4, -0.2) is 46.5 Å². The number of nitrogens with two attached hydrogens (primary N) is 1. The van der Waals surface area contributed by atoms with E-state index in [4.69, 9.17) is 10.5 Å². The number of hydrogen-bond donors (Lipinski definition) is 3. The van der Waals surface area contributed by atoms with Crippen molar-refractivity contribution >= 4 is 17.8 Å². The maximum absolute atomic E-state index is 13.0. The Labute approximate surface area is 200 Å². The summed E-state index contributed by atoms with van der Waals surface area (Å²) in [6.07, 6.45) is 1.76. The van der Waals surface area contributed by atoms with E-state index in [0.29, 0.717) is 29.9 Å². The lowest BCUT2D eigenvalue weighted by atomic mass is 9.88. The molecule has 0 spiro atoms. The number of hydrogen-bond acceptors (Lipinski definition) is 6. The van der Waals surface area contributed by atoms with Crippen LogP contribution in [0.15, 0.2) is 53.5 Å². The third kappa shape index (κ3) is 5.56. The summed E-state index contributed by atoms with van der Waals surface area (Å²) < 4.78 is 5.75. The first-order valence-corrected chi connectivity index (χ1v) is 11.7. The van der Waals surface area contributed by atoms with Gasteiger partial charge in [0.1, 0.15) is 5.75 Å². The van der Waals surface area contributed by atoms with Crippen molar-refractivity contribution in [2.24, 2.45) is 10.7 Å². The Morgan fingerprint density at radius 1 is 1.21 bits per heavy atom. The van der Waals surface area contributed by atoms with Crippen LogP contribution in [0.4, 0.5) is 0 Å². The highest BCUT2D eigenvalue weighted by Crippen LogP contribution is 2.31. The van der Waals surface area contributed by atoms with Crippen molar-refractivity contribution < 1.29 is 19.4 Å². The van der Waals surface area contributed by atoms with Crippen molar-refractivity contribution in [3.63, 3.8) is 0 Å². The van der Waals surface area contributed by atoms with E-state index in [9.17, 15) is 14.7 Å². The van der Waals surface area contributed by atoms with Crippen molar-refractivity contribution in [3.8, 4) is 5.75 Å². The summed E-state index contributed by atoms with van der Waals surface area (Å²) in [6.45, 7) is 6.24. The van der Waals surface area contributed by atoms with Gasteiger partial charge in [-0.15, -0.1) is 0 Å². The molecule has 2 aromatic carbocycles. The van der Waals surface area contributed by atoms with Gasteiger partial charge in [-0.1, -0.05) is 44.2 Å². The monoisotopic (exact) mass is 466 g/mol. The zero-order chi connectivity index (χ0) is 24.7. The van der Waals surface area contributed by atoms with E-state index in [2.05, 4.69) is 10.3 Å². The number of carbonyl (C=O) groups excluding carboxylic acids is 2. The highest BCUT2D eigenvalue weighted by atomic mass is 16.5. The van der Waals surface area contributed by atoms with Crippen molar-refractivity contribution in [2.75, 3.05) is 13.2 Å². The summed E-state index contributed by atoms with van der Waals surface area (Å²) in [5, 5.41) is 12.7. The molecule has 0 aliphatic carbocycles. The highest BCUT2D eigenvalue weighted by molar-refractivity contribution is 5.99. The van der Waals surface area contributed by atoms with Crippen LogP contribution < -0.4 is 15.8 Å². The zero-order valence-electron chi connectivity index (χ0n) is 20.1. The number of rotatable bonds is 10. The van der Waals surface area contributed by atoms with Crippen LogP contribution in [0, 0.1) is 0 Å². The summed E-state index contributed by atoms with van der Waals surface area (Å²) in [5.41, 5.74) is 7.62. The summed E-state index contributed by atoms with van der Waals surface area (Å²) in [5.74, 6) is 0.318. The molecule has 34 heavy (non-hydrogen) atoms. The fourth-order valence-corrected chi connectivity index (χ4v) is 4.15. The number of aliphatic hydroxyl groups is 1. The van der Waals surface area contributed by atoms with Gasteiger partial charge >= 0.3 is 0 Å². The molecule has 0 saturated heterocycles. The quantitative estimate of drug-likeness (QED) is 0.497. The fourth-order valence-electron chi connectivity index (χ4n) is 4.15. The smallest absolute Gasteiger partial charge is 0.251 e. The van der Waals surface area contributed by atoms with Gasteiger partial charge in [0, 0.05) is 11.1 Å². The third-order valence-corrected chi connectivity index (χ3v) is 6.37. The Morgan fingerprint density at radius 3 is 2.50 bits per heavy atom. The number of ether oxygens (including phenoxy) is 1. The van der Waals surface area contributed by atoms with Crippen LogP contribution in [0.1, 0.15) is 67.6 Å². The number of aliphatic imine (C=N–C) groups is 1. The standard InChI is InChI=1S/C26H34N4O4/c1-4-26(5-2)15-23(32)30(25(27)29-26)16-20-14-19(12-13-22(20)34-6-3)24(33)28-21(17-31)18-10-8-7-9-11-18/h7-14,21,31H,4-6,15-17H2,1-3H3,(H2,27,29)(H,28,33). The van der Waals surface area contributed by atoms with Gasteiger partial charge in [-0.2, -0.15) is 0 Å². The SMILES string of the molecule is CCOc1ccc(C(=O)NC(CO)c2ccccc2)cc1CN1C(=O)CC(CC)(CC)N=C1N. The van der Waals surface area contributed by atoms with Crippen molar-refractivity contribution in [3.05, 3.63) is 65.2 Å². The van der Waals surface area contributed by atoms with Crippen LogP contribution in [0.5, 0.6) is 5.75 Å². The van der Waals surface area contributed by atoms with Crippen LogP contribution in [-0.2, 0) is 11.3 Å². The summed E-state index contributed by atoms with van der Waals surface area (Å²) in [6, 6.07) is 13.8. The lowest BCUT2D eigenvalue weighted by molar-refractivity contribution is -0.130. The molecule has 8 nitrogen and oxygen atoms in total. The summed E-state index contributed by atoms with van der Waals surface area (Å²) in [4.78, 5) is 32.1. The molecule has 0 radical (unpaired) electrons. The van der Waals surface area contributed by atoms with Gasteiger partial charge in [0.15, 0.2) is 5.96 Å². The van der Waals surface area contributed by atoms with Gasteiger partial charge in [0.2, 0.25) is 5.91 Å². The predicted octanol–water partition coefficient (Wildman–Crippen LogP) is 3.15. The van der Waals surface area contributed by atoms with E-state index in [-0.39, 0.29) is 30.9 Å². The number of nitrogens with zero attached hydrogens (tertiary/aromatic N) is 2. The molecule has 1 aliphatic rings. The minimum absolute atomic E-state index is 0.0991. The summed E-state index contributed by atoms with van der Waals surface area (Å²) >= 11 is 0. The molecule has 8 heteroatoms. The molecule has 0 aromatic heterocycles. The number of benzene rings is 2. The van der Waals surface area contributed by atoms with Crippen LogP contribution >= 0.6 is 0 Å². The Bertz CT molecular complexity index is 1030. The average molecular weight is 467 g/mol.